The van der Waals surface area contributed by atoms with E-state index in [4.69, 9.17) is 14.2 Å². The summed E-state index contributed by atoms with van der Waals surface area (Å²) in [5, 5.41) is 3.25. The first-order valence-corrected chi connectivity index (χ1v) is 8.40. The van der Waals surface area contributed by atoms with E-state index < -0.39 is 18.1 Å². The molecule has 1 saturated carbocycles. The van der Waals surface area contributed by atoms with Gasteiger partial charge in [-0.1, -0.05) is 0 Å². The monoisotopic (exact) mass is 361 g/mol. The summed E-state index contributed by atoms with van der Waals surface area (Å²) in [4.78, 5) is 18.1. The van der Waals surface area contributed by atoms with Crippen molar-refractivity contribution < 1.29 is 23.4 Å². The molecule has 0 unspecified atom stereocenters. The third-order valence-electron chi connectivity index (χ3n) is 4.95. The van der Waals surface area contributed by atoms with E-state index in [-0.39, 0.29) is 12.6 Å². The maximum atomic E-state index is 15.1. The summed E-state index contributed by atoms with van der Waals surface area (Å²) in [6.45, 7) is 0.162. The number of ether oxygens (including phenoxy) is 3. The molecule has 1 aromatic rings. The van der Waals surface area contributed by atoms with Crippen molar-refractivity contribution in [3.8, 4) is 0 Å². The van der Waals surface area contributed by atoms with Gasteiger partial charge in [-0.25, -0.2) is 14.2 Å². The van der Waals surface area contributed by atoms with Crippen LogP contribution in [-0.4, -0.2) is 36.2 Å². The van der Waals surface area contributed by atoms with Crippen molar-refractivity contribution >= 4 is 11.9 Å². The van der Waals surface area contributed by atoms with Gasteiger partial charge in [-0.05, 0) is 23.8 Å². The average Bonchev–Trinajstić information content (AvgIpc) is 2.80. The molecular formula is C18H20FN3O4. The second kappa shape index (κ2) is 6.37. The van der Waals surface area contributed by atoms with Gasteiger partial charge in [0.2, 0.25) is 6.29 Å². The number of methoxy groups -OCH3 is 2. The van der Waals surface area contributed by atoms with Crippen molar-refractivity contribution in [1.29, 1.82) is 0 Å². The van der Waals surface area contributed by atoms with E-state index in [1.807, 2.05) is 0 Å². The number of hydrogen-bond donors (Lipinski definition) is 1. The van der Waals surface area contributed by atoms with Crippen molar-refractivity contribution in [2.75, 3.05) is 19.5 Å². The molecule has 1 aromatic heterocycles. The normalized spacial score (nSPS) is 26.1. The van der Waals surface area contributed by atoms with Crippen LogP contribution in [0.3, 0.4) is 0 Å². The molecule has 4 heterocycles. The summed E-state index contributed by atoms with van der Waals surface area (Å²) in [6, 6.07) is 1.86. The van der Waals surface area contributed by atoms with Crippen LogP contribution < -0.4 is 5.32 Å². The average molecular weight is 361 g/mol. The SMILES string of the molecule is COC(OC)c1nc2c(cc1CN1C=CC=COC1=O)C1(F)CC(C1)N2. The number of allylic oxidation sites excluding steroid dienone is 2. The smallest absolute Gasteiger partial charge is 0.418 e. The van der Waals surface area contributed by atoms with E-state index in [1.165, 1.54) is 25.4 Å². The molecule has 1 N–H and O–H groups in total. The lowest BCUT2D eigenvalue weighted by molar-refractivity contribution is -0.109. The largest absolute Gasteiger partial charge is 0.418 e. The van der Waals surface area contributed by atoms with E-state index in [1.54, 1.807) is 24.4 Å². The van der Waals surface area contributed by atoms with Gasteiger partial charge in [-0.3, -0.25) is 4.90 Å². The fourth-order valence-corrected chi connectivity index (χ4v) is 3.63. The molecule has 8 heteroatoms. The van der Waals surface area contributed by atoms with E-state index in [2.05, 4.69) is 10.3 Å². The number of rotatable bonds is 5. The molecule has 7 nitrogen and oxygen atoms in total. The second-order valence-corrected chi connectivity index (χ2v) is 6.63. The molecule has 3 aliphatic heterocycles. The number of nitrogens with one attached hydrogen (secondary N) is 1. The number of amides is 1. The van der Waals surface area contributed by atoms with Gasteiger partial charge in [0.1, 0.15) is 17.2 Å². The van der Waals surface area contributed by atoms with Gasteiger partial charge in [-0.15, -0.1) is 0 Å². The zero-order valence-corrected chi connectivity index (χ0v) is 14.6. The molecule has 1 amide bonds. The van der Waals surface area contributed by atoms with Gasteiger partial charge in [0.15, 0.2) is 0 Å². The minimum atomic E-state index is -1.36. The molecule has 0 atom stereocenters. The van der Waals surface area contributed by atoms with E-state index >= 15 is 4.39 Å². The Morgan fingerprint density at radius 2 is 2.19 bits per heavy atom. The van der Waals surface area contributed by atoms with Gasteiger partial charge in [0.25, 0.3) is 0 Å². The minimum absolute atomic E-state index is 0.108. The molecule has 0 aromatic carbocycles. The molecule has 138 valence electrons. The first-order chi connectivity index (χ1) is 12.5. The van der Waals surface area contributed by atoms with Gasteiger partial charge in [-0.2, -0.15) is 0 Å². The third-order valence-corrected chi connectivity index (χ3v) is 4.95. The molecule has 0 spiro atoms. The lowest BCUT2D eigenvalue weighted by Gasteiger charge is -2.48. The molecule has 1 aliphatic carbocycles. The van der Waals surface area contributed by atoms with Gasteiger partial charge in [0, 0.05) is 44.9 Å². The summed E-state index contributed by atoms with van der Waals surface area (Å²) in [5.74, 6) is 0.517. The fourth-order valence-electron chi connectivity index (χ4n) is 3.63. The number of pyridine rings is 1. The lowest BCUT2D eigenvalue weighted by Crippen LogP contribution is -2.50. The van der Waals surface area contributed by atoms with Crippen LogP contribution >= 0.6 is 0 Å². The van der Waals surface area contributed by atoms with Crippen molar-refractivity contribution in [2.45, 2.75) is 37.4 Å². The van der Waals surface area contributed by atoms with Crippen molar-refractivity contribution in [3.05, 3.63) is 47.5 Å². The predicted molar refractivity (Wildman–Crippen MR) is 90.7 cm³/mol. The quantitative estimate of drug-likeness (QED) is 0.813. The molecule has 2 bridgehead atoms. The molecule has 5 rings (SSSR count). The number of carbonyl (C=O) groups excluding carboxylic acids is 1. The maximum absolute atomic E-state index is 15.1. The Morgan fingerprint density at radius 1 is 1.42 bits per heavy atom. The summed E-state index contributed by atoms with van der Waals surface area (Å²) in [5.41, 5.74) is 0.308. The Bertz CT molecular complexity index is 785. The lowest BCUT2D eigenvalue weighted by atomic mass is 9.69. The van der Waals surface area contributed by atoms with Crippen molar-refractivity contribution in [1.82, 2.24) is 9.88 Å². The number of carbonyl (C=O) groups is 1. The number of halogens is 1. The topological polar surface area (TPSA) is 72.9 Å². The van der Waals surface area contributed by atoms with Gasteiger partial charge >= 0.3 is 6.09 Å². The van der Waals surface area contributed by atoms with Crippen molar-refractivity contribution in [3.63, 3.8) is 0 Å². The minimum Gasteiger partial charge on any atom is -0.418 e. The first-order valence-electron chi connectivity index (χ1n) is 8.40. The highest BCUT2D eigenvalue weighted by atomic mass is 19.1. The van der Waals surface area contributed by atoms with Gasteiger partial charge < -0.3 is 19.5 Å². The van der Waals surface area contributed by atoms with E-state index in [9.17, 15) is 4.79 Å². The Kier molecular flexibility index (Phi) is 4.16. The first kappa shape index (κ1) is 17.0. The van der Waals surface area contributed by atoms with Crippen LogP contribution in [0.2, 0.25) is 0 Å². The highest BCUT2D eigenvalue weighted by Crippen LogP contribution is 2.53. The summed E-state index contributed by atoms with van der Waals surface area (Å²) < 4.78 is 30.7. The van der Waals surface area contributed by atoms with Crippen LogP contribution in [0.25, 0.3) is 0 Å². The third kappa shape index (κ3) is 2.75. The van der Waals surface area contributed by atoms with Gasteiger partial charge in [0.05, 0.1) is 12.8 Å². The van der Waals surface area contributed by atoms with Crippen LogP contribution in [0.15, 0.2) is 30.7 Å². The molecule has 1 fully saturated rings. The van der Waals surface area contributed by atoms with Crippen LogP contribution in [0.1, 0.15) is 36.0 Å². The summed E-state index contributed by atoms with van der Waals surface area (Å²) in [7, 11) is 3.01. The predicted octanol–water partition coefficient (Wildman–Crippen LogP) is 3.11. The zero-order chi connectivity index (χ0) is 18.3. The second-order valence-electron chi connectivity index (χ2n) is 6.63. The van der Waals surface area contributed by atoms with Crippen LogP contribution in [0.4, 0.5) is 15.0 Å². The highest BCUT2D eigenvalue weighted by Gasteiger charge is 2.52. The molecular weight excluding hydrogens is 341 g/mol. The fraction of sp³-hybridized carbons (Fsp3) is 0.444. The highest BCUT2D eigenvalue weighted by molar-refractivity contribution is 5.70. The standard InChI is InChI=1S/C18H20FN3O4/c1-24-16(25-2)14-11(10-22-5-3-4-6-26-17(22)23)7-13-15(21-14)20-12-8-18(13,19)9-12/h3-7,12,16H,8-10H2,1-2H3,(H,20,21). The number of cyclic esters (lactones) is 1. The Hall–Kier alpha value is -2.45. The Morgan fingerprint density at radius 3 is 2.92 bits per heavy atom. The molecule has 0 saturated heterocycles. The Balaban J connectivity index is 1.74. The molecule has 26 heavy (non-hydrogen) atoms. The molecule has 4 aliphatic rings. The number of alkyl halides is 1. The Labute approximate surface area is 150 Å². The summed E-state index contributed by atoms with van der Waals surface area (Å²) in [6.07, 6.45) is 5.85. The van der Waals surface area contributed by atoms with Crippen LogP contribution in [0.5, 0.6) is 0 Å². The van der Waals surface area contributed by atoms with Crippen molar-refractivity contribution in [2.24, 2.45) is 0 Å². The number of nitrogens with zero attached hydrogens (tertiary/aromatic N) is 2. The van der Waals surface area contributed by atoms with Crippen LogP contribution in [0, 0.1) is 0 Å². The number of anilines is 1. The maximum Gasteiger partial charge on any atom is 0.418 e. The summed E-state index contributed by atoms with van der Waals surface area (Å²) >= 11 is 0. The molecule has 0 radical (unpaired) electrons. The van der Waals surface area contributed by atoms with E-state index in [0.29, 0.717) is 35.5 Å². The number of hydrogen-bond acceptors (Lipinski definition) is 6. The number of aromatic nitrogens is 1. The van der Waals surface area contributed by atoms with E-state index in [0.717, 1.165) is 0 Å². The van der Waals surface area contributed by atoms with Crippen LogP contribution in [-0.2, 0) is 26.4 Å². The zero-order valence-electron chi connectivity index (χ0n) is 14.6.